The molecular formula is C30H34F6N6O4. The minimum Gasteiger partial charge on any atom is -0.481 e. The number of amides is 1. The number of halogens is 6. The van der Waals surface area contributed by atoms with Crippen LogP contribution in [0.2, 0.25) is 0 Å². The maximum absolute atomic E-state index is 13.7. The molecule has 3 heterocycles. The van der Waals surface area contributed by atoms with E-state index in [1.807, 2.05) is 13.8 Å². The molecule has 250 valence electrons. The highest BCUT2D eigenvalue weighted by atomic mass is 19.4. The number of hydrogen-bond donors (Lipinski definition) is 1. The molecule has 0 spiro atoms. The number of rotatable bonds is 10. The molecule has 2 unspecified atom stereocenters. The number of anilines is 1. The van der Waals surface area contributed by atoms with Gasteiger partial charge >= 0.3 is 24.4 Å². The Morgan fingerprint density at radius 1 is 0.935 bits per heavy atom. The normalized spacial score (nSPS) is 18.8. The molecule has 46 heavy (non-hydrogen) atoms. The fourth-order valence-electron chi connectivity index (χ4n) is 5.69. The lowest BCUT2D eigenvalue weighted by Gasteiger charge is -2.47. The molecule has 0 bridgehead atoms. The summed E-state index contributed by atoms with van der Waals surface area (Å²) in [5.41, 5.74) is -1.78. The van der Waals surface area contributed by atoms with E-state index in [9.17, 15) is 35.9 Å². The van der Waals surface area contributed by atoms with Gasteiger partial charge in [-0.2, -0.15) is 31.4 Å². The number of nitrogens with zero attached hydrogens (tertiary/aromatic N) is 6. The number of piperidine rings is 1. The Morgan fingerprint density at radius 3 is 1.96 bits per heavy atom. The van der Waals surface area contributed by atoms with Crippen LogP contribution in [0, 0.1) is 0 Å². The Labute approximate surface area is 261 Å². The quantitative estimate of drug-likeness (QED) is 0.245. The summed E-state index contributed by atoms with van der Waals surface area (Å²) in [5, 5.41) is 13.0. The summed E-state index contributed by atoms with van der Waals surface area (Å²) in [4.78, 5) is 36.0. The van der Waals surface area contributed by atoms with E-state index in [1.54, 1.807) is 33.9 Å². The van der Waals surface area contributed by atoms with E-state index < -0.39 is 53.7 Å². The van der Waals surface area contributed by atoms with Crippen molar-refractivity contribution in [2.75, 3.05) is 11.5 Å². The van der Waals surface area contributed by atoms with Gasteiger partial charge in [0.05, 0.1) is 23.7 Å². The number of carbonyl (C=O) groups excluding carboxylic acids is 1. The van der Waals surface area contributed by atoms with Crippen LogP contribution >= 0.6 is 0 Å². The second-order valence-electron chi connectivity index (χ2n) is 11.1. The SMILES string of the molecule is CCC1CC(N(Cc2cc(C(F)(F)F)cc(C(F)(F)F)c2)c2ncc(-c3cnn(C)c3)cn2)CC(CC)N1C(=O)OCCC(=O)O. The Bertz CT molecular complexity index is 1460. The molecule has 10 nitrogen and oxygen atoms in total. The first-order valence-corrected chi connectivity index (χ1v) is 14.6. The molecular weight excluding hydrogens is 622 g/mol. The van der Waals surface area contributed by atoms with Crippen molar-refractivity contribution in [1.82, 2.24) is 24.6 Å². The number of likely N-dealkylation sites (tertiary alicyclic amines) is 1. The molecule has 3 aromatic rings. The topological polar surface area (TPSA) is 114 Å². The summed E-state index contributed by atoms with van der Waals surface area (Å²) >= 11 is 0. The van der Waals surface area contributed by atoms with Crippen molar-refractivity contribution < 1.29 is 45.8 Å². The maximum atomic E-state index is 13.7. The van der Waals surface area contributed by atoms with E-state index in [2.05, 4.69) is 15.1 Å². The van der Waals surface area contributed by atoms with Crippen molar-refractivity contribution in [3.63, 3.8) is 0 Å². The smallest absolute Gasteiger partial charge is 0.416 e. The zero-order valence-corrected chi connectivity index (χ0v) is 25.3. The average Bonchev–Trinajstić information content (AvgIpc) is 3.44. The number of carboxylic acid groups (broad SMARTS) is 1. The third-order valence-electron chi connectivity index (χ3n) is 7.94. The van der Waals surface area contributed by atoms with Crippen molar-refractivity contribution in [1.29, 1.82) is 0 Å². The first-order chi connectivity index (χ1) is 21.6. The Kier molecular flexibility index (Phi) is 10.5. The number of ether oxygens (including phenoxy) is 1. The molecule has 4 rings (SSSR count). The monoisotopic (exact) mass is 656 g/mol. The predicted octanol–water partition coefficient (Wildman–Crippen LogP) is 6.55. The second-order valence-corrected chi connectivity index (χ2v) is 11.1. The van der Waals surface area contributed by atoms with Gasteiger partial charge in [-0.05, 0) is 49.4 Å². The van der Waals surface area contributed by atoms with E-state index >= 15 is 0 Å². The zero-order valence-electron chi connectivity index (χ0n) is 25.3. The van der Waals surface area contributed by atoms with Gasteiger partial charge in [0, 0.05) is 61.4 Å². The molecule has 0 saturated carbocycles. The zero-order chi connectivity index (χ0) is 33.8. The molecule has 1 aliphatic rings. The van der Waals surface area contributed by atoms with Crippen LogP contribution < -0.4 is 4.90 Å². The van der Waals surface area contributed by atoms with Gasteiger partial charge in [-0.1, -0.05) is 13.8 Å². The molecule has 1 N–H and O–H groups in total. The number of benzene rings is 1. The van der Waals surface area contributed by atoms with Gasteiger partial charge in [0.25, 0.3) is 0 Å². The Morgan fingerprint density at radius 2 is 1.50 bits per heavy atom. The van der Waals surface area contributed by atoms with Gasteiger partial charge < -0.3 is 19.6 Å². The summed E-state index contributed by atoms with van der Waals surface area (Å²) in [6.45, 7) is 2.98. The van der Waals surface area contributed by atoms with Crippen LogP contribution in [-0.4, -0.2) is 66.5 Å². The van der Waals surface area contributed by atoms with Gasteiger partial charge in [0.2, 0.25) is 5.95 Å². The minimum absolute atomic E-state index is 0.0850. The van der Waals surface area contributed by atoms with Gasteiger partial charge in [-0.15, -0.1) is 0 Å². The summed E-state index contributed by atoms with van der Waals surface area (Å²) in [6.07, 6.45) is -3.28. The van der Waals surface area contributed by atoms with Crippen LogP contribution in [0.3, 0.4) is 0 Å². The molecule has 0 aliphatic carbocycles. The Balaban J connectivity index is 1.73. The van der Waals surface area contributed by atoms with Gasteiger partial charge in [0.15, 0.2) is 0 Å². The van der Waals surface area contributed by atoms with E-state index in [4.69, 9.17) is 9.84 Å². The standard InChI is InChI=1S/C30H34F6N6O4/c1-4-23-11-25(12-24(5-2)42(23)28(45)46-7-6-26(43)44)41(27-37-13-19(14-38-27)20-15-39-40(3)17-20)16-18-8-21(29(31,32)33)10-22(9-18)30(34,35)36/h8-10,13-15,17,23-25H,4-7,11-12,16H2,1-3H3,(H,43,44). The molecule has 2 atom stereocenters. The molecule has 1 amide bonds. The predicted molar refractivity (Wildman–Crippen MR) is 153 cm³/mol. The van der Waals surface area contributed by atoms with Crippen molar-refractivity contribution in [3.8, 4) is 11.1 Å². The van der Waals surface area contributed by atoms with E-state index in [-0.39, 0.29) is 50.0 Å². The summed E-state index contributed by atoms with van der Waals surface area (Å²) in [7, 11) is 1.73. The summed E-state index contributed by atoms with van der Waals surface area (Å²) in [5.74, 6) is -1.04. The maximum Gasteiger partial charge on any atom is 0.416 e. The third kappa shape index (κ3) is 8.26. The number of carboxylic acids is 1. The molecule has 1 aliphatic heterocycles. The van der Waals surface area contributed by atoms with Crippen molar-refractivity contribution in [2.24, 2.45) is 7.05 Å². The van der Waals surface area contributed by atoms with Gasteiger partial charge in [0.1, 0.15) is 6.61 Å². The molecule has 16 heteroatoms. The van der Waals surface area contributed by atoms with E-state index in [0.29, 0.717) is 36.1 Å². The summed E-state index contributed by atoms with van der Waals surface area (Å²) in [6, 6.07) is 0.120. The number of aliphatic carboxylic acids is 1. The average molecular weight is 657 g/mol. The van der Waals surface area contributed by atoms with Gasteiger partial charge in [-0.3, -0.25) is 9.48 Å². The van der Waals surface area contributed by atoms with Crippen LogP contribution in [0.1, 0.15) is 62.6 Å². The number of aryl methyl sites for hydroxylation is 1. The Hall–Kier alpha value is -4.37. The highest BCUT2D eigenvalue weighted by Crippen LogP contribution is 2.38. The number of carbonyl (C=O) groups is 2. The van der Waals surface area contributed by atoms with Crippen LogP contribution in [0.25, 0.3) is 11.1 Å². The molecule has 0 radical (unpaired) electrons. The number of alkyl halides is 6. The highest BCUT2D eigenvalue weighted by molar-refractivity contribution is 5.70. The lowest BCUT2D eigenvalue weighted by atomic mass is 9.87. The molecule has 1 fully saturated rings. The fraction of sp³-hybridized carbons (Fsp3) is 0.500. The van der Waals surface area contributed by atoms with E-state index in [1.165, 1.54) is 12.4 Å². The third-order valence-corrected chi connectivity index (χ3v) is 7.94. The van der Waals surface area contributed by atoms with Crippen LogP contribution in [0.4, 0.5) is 37.1 Å². The largest absolute Gasteiger partial charge is 0.481 e. The molecule has 2 aromatic heterocycles. The first kappa shape index (κ1) is 34.5. The lowest BCUT2D eigenvalue weighted by Crippen LogP contribution is -2.57. The second kappa shape index (κ2) is 14.0. The van der Waals surface area contributed by atoms with Crippen molar-refractivity contribution in [2.45, 2.75) is 83.0 Å². The minimum atomic E-state index is -5.02. The van der Waals surface area contributed by atoms with Crippen LogP contribution in [0.15, 0.2) is 43.0 Å². The van der Waals surface area contributed by atoms with Crippen LogP contribution in [-0.2, 0) is 35.5 Å². The highest BCUT2D eigenvalue weighted by Gasteiger charge is 2.41. The fourth-order valence-corrected chi connectivity index (χ4v) is 5.69. The molecule has 1 saturated heterocycles. The van der Waals surface area contributed by atoms with Crippen molar-refractivity contribution in [3.05, 3.63) is 59.7 Å². The van der Waals surface area contributed by atoms with Gasteiger partial charge in [-0.25, -0.2) is 14.8 Å². The molecule has 1 aromatic carbocycles. The van der Waals surface area contributed by atoms with Crippen molar-refractivity contribution >= 4 is 18.0 Å². The number of aromatic nitrogens is 4. The van der Waals surface area contributed by atoms with Crippen LogP contribution in [0.5, 0.6) is 0 Å². The summed E-state index contributed by atoms with van der Waals surface area (Å²) < 4.78 is 89.1. The number of hydrogen-bond acceptors (Lipinski definition) is 7. The van der Waals surface area contributed by atoms with E-state index in [0.717, 1.165) is 0 Å². The first-order valence-electron chi connectivity index (χ1n) is 14.6. The lowest BCUT2D eigenvalue weighted by molar-refractivity contribution is -0.143.